The van der Waals surface area contributed by atoms with E-state index in [0.29, 0.717) is 28.7 Å². The van der Waals surface area contributed by atoms with E-state index in [-0.39, 0.29) is 24.4 Å². The molecule has 0 fully saturated rings. The van der Waals surface area contributed by atoms with E-state index in [1.807, 2.05) is 24.3 Å². The van der Waals surface area contributed by atoms with Crippen molar-refractivity contribution in [3.05, 3.63) is 82.0 Å². The topological polar surface area (TPSA) is 72.5 Å². The molecule has 0 aliphatic carbocycles. The number of ether oxygens (including phenoxy) is 6. The molecule has 7 nitrogen and oxygen atoms in total. The van der Waals surface area contributed by atoms with Crippen LogP contribution in [0.15, 0.2) is 65.5 Å². The van der Waals surface area contributed by atoms with Crippen LogP contribution in [0.25, 0.3) is 0 Å². The Morgan fingerprint density at radius 1 is 0.531 bits per heavy atom. The normalized spacial score (nSPS) is 10.2. The summed E-state index contributed by atoms with van der Waals surface area (Å²) in [5.74, 6) is 3.42. The summed E-state index contributed by atoms with van der Waals surface area (Å²) in [6, 6.07) is 17.2. The molecule has 0 aromatic heterocycles. The molecule has 32 heavy (non-hydrogen) atoms. The van der Waals surface area contributed by atoms with E-state index in [1.54, 1.807) is 58.8 Å². The van der Waals surface area contributed by atoms with Gasteiger partial charge in [-0.3, -0.25) is 4.79 Å². The van der Waals surface area contributed by atoms with Crippen molar-refractivity contribution >= 4 is 0 Å². The Balaban J connectivity index is 1.73. The first-order valence-electron chi connectivity index (χ1n) is 9.89. The van der Waals surface area contributed by atoms with E-state index < -0.39 is 0 Å². The zero-order valence-electron chi connectivity index (χ0n) is 18.5. The summed E-state index contributed by atoms with van der Waals surface area (Å²) >= 11 is 0. The van der Waals surface area contributed by atoms with Crippen molar-refractivity contribution in [2.45, 2.75) is 13.2 Å². The summed E-state index contributed by atoms with van der Waals surface area (Å²) in [5, 5.41) is 0. The van der Waals surface area contributed by atoms with E-state index in [4.69, 9.17) is 28.4 Å². The highest BCUT2D eigenvalue weighted by Crippen LogP contribution is 2.26. The van der Waals surface area contributed by atoms with Crippen LogP contribution >= 0.6 is 0 Å². The second-order valence-electron chi connectivity index (χ2n) is 6.73. The minimum absolute atomic E-state index is 0.150. The van der Waals surface area contributed by atoms with Crippen molar-refractivity contribution in [1.82, 2.24) is 0 Å². The molecule has 0 radical (unpaired) electrons. The van der Waals surface area contributed by atoms with Crippen LogP contribution in [0.2, 0.25) is 0 Å². The highest BCUT2D eigenvalue weighted by Gasteiger charge is 2.09. The van der Waals surface area contributed by atoms with Crippen molar-refractivity contribution in [1.29, 1.82) is 0 Å². The summed E-state index contributed by atoms with van der Waals surface area (Å²) in [4.78, 5) is 12.5. The average Bonchev–Trinajstić information content (AvgIpc) is 3.01. The van der Waals surface area contributed by atoms with Crippen LogP contribution in [-0.2, 0) is 13.2 Å². The van der Waals surface area contributed by atoms with Gasteiger partial charge in [0.1, 0.15) is 42.0 Å². The van der Waals surface area contributed by atoms with Crippen LogP contribution in [0.5, 0.6) is 34.5 Å². The summed E-state index contributed by atoms with van der Waals surface area (Å²) in [6.07, 6.45) is 0. The third kappa shape index (κ3) is 5.63. The van der Waals surface area contributed by atoms with Crippen molar-refractivity contribution in [3.63, 3.8) is 0 Å². The minimum Gasteiger partial charge on any atom is -0.497 e. The highest BCUT2D eigenvalue weighted by atomic mass is 16.5. The highest BCUT2D eigenvalue weighted by molar-refractivity contribution is 5.41. The Labute approximate surface area is 187 Å². The molecule has 0 atom stereocenters. The lowest BCUT2D eigenvalue weighted by atomic mass is 10.2. The first-order valence-corrected chi connectivity index (χ1v) is 9.89. The number of methoxy groups -OCH3 is 4. The predicted molar refractivity (Wildman–Crippen MR) is 120 cm³/mol. The molecule has 0 aliphatic rings. The lowest BCUT2D eigenvalue weighted by molar-refractivity contribution is 0.291. The minimum atomic E-state index is -0.263. The molecule has 0 aliphatic heterocycles. The molecule has 0 saturated carbocycles. The Morgan fingerprint density at radius 2 is 1.00 bits per heavy atom. The van der Waals surface area contributed by atoms with Crippen LogP contribution in [0.1, 0.15) is 11.1 Å². The Hall–Kier alpha value is -3.87. The molecular formula is C25H26O7. The molecular weight excluding hydrogens is 412 g/mol. The molecule has 0 unspecified atom stereocenters. The van der Waals surface area contributed by atoms with Gasteiger partial charge in [0, 0.05) is 11.1 Å². The number of hydrogen-bond donors (Lipinski definition) is 0. The molecule has 0 N–H and O–H groups in total. The first-order chi connectivity index (χ1) is 15.6. The molecule has 7 heteroatoms. The maximum atomic E-state index is 12.5. The number of hydrogen-bond acceptors (Lipinski definition) is 7. The standard InChI is InChI=1S/C25H26O7/c1-27-20-7-10-23(29-3)17(13-20)15-31-19-5-9-22(26)25(12-6-19)32-16-18-14-21(28-2)8-11-24(18)30-4/h5-14H,15-16H2,1-4H3. The fraction of sp³-hybridized carbons (Fsp3) is 0.240. The van der Waals surface area contributed by atoms with Gasteiger partial charge in [-0.2, -0.15) is 0 Å². The van der Waals surface area contributed by atoms with Crippen LogP contribution in [0, 0.1) is 0 Å². The molecule has 3 aromatic rings. The lowest BCUT2D eigenvalue weighted by Crippen LogP contribution is -2.05. The van der Waals surface area contributed by atoms with Gasteiger partial charge in [0.25, 0.3) is 0 Å². The molecule has 168 valence electrons. The van der Waals surface area contributed by atoms with Gasteiger partial charge in [-0.1, -0.05) is 0 Å². The monoisotopic (exact) mass is 438 g/mol. The molecule has 0 heterocycles. The molecule has 0 bridgehead atoms. The lowest BCUT2D eigenvalue weighted by Gasteiger charge is -2.11. The van der Waals surface area contributed by atoms with Crippen molar-refractivity contribution < 1.29 is 28.4 Å². The van der Waals surface area contributed by atoms with Gasteiger partial charge < -0.3 is 28.4 Å². The zero-order valence-corrected chi connectivity index (χ0v) is 18.5. The fourth-order valence-corrected chi connectivity index (χ4v) is 3.06. The van der Waals surface area contributed by atoms with E-state index in [2.05, 4.69) is 0 Å². The quantitative estimate of drug-likeness (QED) is 0.469. The van der Waals surface area contributed by atoms with Gasteiger partial charge >= 0.3 is 0 Å². The second-order valence-corrected chi connectivity index (χ2v) is 6.73. The molecule has 0 amide bonds. The molecule has 3 aromatic carbocycles. The van der Waals surface area contributed by atoms with E-state index in [9.17, 15) is 4.79 Å². The summed E-state index contributed by atoms with van der Waals surface area (Å²) in [6.45, 7) is 0.395. The largest absolute Gasteiger partial charge is 0.497 e. The number of benzene rings is 2. The SMILES string of the molecule is COc1ccc(OC)c(COc2ccc(OCc3cc(OC)ccc3OC)c(=O)cc2)c1. The van der Waals surface area contributed by atoms with E-state index in [1.165, 1.54) is 6.07 Å². The van der Waals surface area contributed by atoms with Gasteiger partial charge in [-0.05, 0) is 60.7 Å². The zero-order chi connectivity index (χ0) is 22.9. The van der Waals surface area contributed by atoms with Crippen LogP contribution in [0.4, 0.5) is 0 Å². The molecule has 0 spiro atoms. The maximum absolute atomic E-state index is 12.5. The smallest absolute Gasteiger partial charge is 0.220 e. The second kappa shape index (κ2) is 10.9. The van der Waals surface area contributed by atoms with Crippen molar-refractivity contribution in [2.24, 2.45) is 0 Å². The third-order valence-corrected chi connectivity index (χ3v) is 4.79. The van der Waals surface area contributed by atoms with E-state index >= 15 is 0 Å². The van der Waals surface area contributed by atoms with Crippen molar-refractivity contribution in [2.75, 3.05) is 28.4 Å². The van der Waals surface area contributed by atoms with Gasteiger partial charge in [0.2, 0.25) is 5.43 Å². The first kappa shape index (κ1) is 22.8. The van der Waals surface area contributed by atoms with E-state index in [0.717, 1.165) is 11.1 Å². The van der Waals surface area contributed by atoms with Gasteiger partial charge in [-0.15, -0.1) is 0 Å². The Kier molecular flexibility index (Phi) is 7.80. The van der Waals surface area contributed by atoms with Crippen LogP contribution in [-0.4, -0.2) is 28.4 Å². The third-order valence-electron chi connectivity index (χ3n) is 4.79. The predicted octanol–water partition coefficient (Wildman–Crippen LogP) is 4.24. The average molecular weight is 438 g/mol. The summed E-state index contributed by atoms with van der Waals surface area (Å²) in [7, 11) is 6.36. The molecule has 0 saturated heterocycles. The van der Waals surface area contributed by atoms with Gasteiger partial charge in [0.05, 0.1) is 28.4 Å². The van der Waals surface area contributed by atoms with Gasteiger partial charge in [0.15, 0.2) is 5.75 Å². The van der Waals surface area contributed by atoms with Crippen molar-refractivity contribution in [3.8, 4) is 34.5 Å². The molecule has 3 rings (SSSR count). The Bertz CT molecular complexity index is 1110. The summed E-state index contributed by atoms with van der Waals surface area (Å²) in [5.41, 5.74) is 1.32. The maximum Gasteiger partial charge on any atom is 0.220 e. The number of rotatable bonds is 10. The summed E-state index contributed by atoms with van der Waals surface area (Å²) < 4.78 is 32.9. The fourth-order valence-electron chi connectivity index (χ4n) is 3.06. The van der Waals surface area contributed by atoms with Gasteiger partial charge in [-0.25, -0.2) is 0 Å². The van der Waals surface area contributed by atoms with Crippen LogP contribution in [0.3, 0.4) is 0 Å². The Morgan fingerprint density at radius 3 is 1.53 bits per heavy atom. The van der Waals surface area contributed by atoms with Crippen LogP contribution < -0.4 is 33.8 Å².